The van der Waals surface area contributed by atoms with Crippen LogP contribution in [0.1, 0.15) is 5.82 Å². The number of halogens is 1. The first-order valence-corrected chi connectivity index (χ1v) is 7.22. The largest absolute Gasteiger partial charge is 0.333 e. The minimum absolute atomic E-state index is 0.102. The third kappa shape index (κ3) is 2.96. The Labute approximate surface area is 129 Å². The lowest BCUT2D eigenvalue weighted by Crippen LogP contribution is -2.20. The number of amides is 2. The molecule has 0 aliphatic heterocycles. The molecule has 0 fully saturated rings. The number of nitrogens with zero attached hydrogens (tertiary/aromatic N) is 2. The molecule has 0 unspecified atom stereocenters. The van der Waals surface area contributed by atoms with E-state index in [2.05, 4.69) is 20.8 Å². The number of nitrogens with one attached hydrogen (secondary N) is 2. The van der Waals surface area contributed by atoms with Crippen LogP contribution in [0.5, 0.6) is 0 Å². The lowest BCUT2D eigenvalue weighted by atomic mass is 10.3. The fourth-order valence-electron chi connectivity index (χ4n) is 1.80. The zero-order chi connectivity index (χ0) is 15.5. The quantitative estimate of drug-likeness (QED) is 0.768. The van der Waals surface area contributed by atoms with Gasteiger partial charge in [0.05, 0.1) is 11.4 Å². The summed E-state index contributed by atoms with van der Waals surface area (Å²) >= 11 is 1.35. The van der Waals surface area contributed by atoms with E-state index in [9.17, 15) is 9.18 Å². The predicted octanol–water partition coefficient (Wildman–Crippen LogP) is 3.89. The van der Waals surface area contributed by atoms with Crippen LogP contribution < -0.4 is 10.6 Å². The zero-order valence-corrected chi connectivity index (χ0v) is 12.3. The maximum absolute atomic E-state index is 13.5. The number of hydrogen-bond donors (Lipinski definition) is 2. The van der Waals surface area contributed by atoms with E-state index in [1.807, 2.05) is 0 Å². The summed E-state index contributed by atoms with van der Waals surface area (Å²) in [5, 5.41) is 10.6. The van der Waals surface area contributed by atoms with Crippen LogP contribution in [0.3, 0.4) is 0 Å². The number of carbonyl (C=O) groups is 1. The molecule has 0 aliphatic rings. The van der Waals surface area contributed by atoms with Gasteiger partial charge in [-0.2, -0.15) is 4.98 Å². The molecule has 3 rings (SSSR count). The highest BCUT2D eigenvalue weighted by Crippen LogP contribution is 2.32. The molecular weight excluding hydrogens is 307 g/mol. The van der Waals surface area contributed by atoms with Crippen molar-refractivity contribution in [3.63, 3.8) is 0 Å². The second kappa shape index (κ2) is 5.94. The van der Waals surface area contributed by atoms with E-state index in [-0.39, 0.29) is 5.69 Å². The summed E-state index contributed by atoms with van der Waals surface area (Å²) in [7, 11) is 0. The third-order valence-electron chi connectivity index (χ3n) is 2.76. The smallest absolute Gasteiger partial charge is 0.323 e. The van der Waals surface area contributed by atoms with Crippen molar-refractivity contribution in [1.29, 1.82) is 0 Å². The normalized spacial score (nSPS) is 10.5. The summed E-state index contributed by atoms with van der Waals surface area (Å²) < 4.78 is 18.6. The Morgan fingerprint density at radius 2 is 2.00 bits per heavy atom. The maximum atomic E-state index is 13.5. The number of rotatable bonds is 3. The molecule has 22 heavy (non-hydrogen) atoms. The number of urea groups is 1. The van der Waals surface area contributed by atoms with E-state index < -0.39 is 11.8 Å². The lowest BCUT2D eigenvalue weighted by molar-refractivity contribution is 0.262. The standard InChI is InChI=1S/C14H11FN4O2S/c1-8-16-13(21-19-8)12-11(6-7-22-12)18-14(20)17-10-5-3-2-4-9(10)15/h2-7H,1H3,(H2,17,18,20). The highest BCUT2D eigenvalue weighted by molar-refractivity contribution is 7.14. The number of aromatic nitrogens is 2. The summed E-state index contributed by atoms with van der Waals surface area (Å²) in [5.41, 5.74) is 0.618. The van der Waals surface area contributed by atoms with Crippen molar-refractivity contribution < 1.29 is 13.7 Å². The number of benzene rings is 1. The average Bonchev–Trinajstić information content (AvgIpc) is 3.10. The fraction of sp³-hybridized carbons (Fsp3) is 0.0714. The van der Waals surface area contributed by atoms with Gasteiger partial charge in [-0.1, -0.05) is 17.3 Å². The Morgan fingerprint density at radius 3 is 2.73 bits per heavy atom. The van der Waals surface area contributed by atoms with Crippen LogP contribution >= 0.6 is 11.3 Å². The molecule has 0 radical (unpaired) electrons. The van der Waals surface area contributed by atoms with Crippen molar-refractivity contribution in [1.82, 2.24) is 10.1 Å². The topological polar surface area (TPSA) is 80.0 Å². The fourth-order valence-corrected chi connectivity index (χ4v) is 2.57. The van der Waals surface area contributed by atoms with E-state index in [1.165, 1.54) is 23.5 Å². The van der Waals surface area contributed by atoms with Crippen LogP contribution in [-0.4, -0.2) is 16.2 Å². The van der Waals surface area contributed by atoms with Crippen LogP contribution in [-0.2, 0) is 0 Å². The van der Waals surface area contributed by atoms with Crippen molar-refractivity contribution in [2.75, 3.05) is 10.6 Å². The summed E-state index contributed by atoms with van der Waals surface area (Å²) in [4.78, 5) is 16.7. The predicted molar refractivity (Wildman–Crippen MR) is 81.4 cm³/mol. The van der Waals surface area contributed by atoms with Crippen LogP contribution in [0.25, 0.3) is 10.8 Å². The van der Waals surface area contributed by atoms with Crippen molar-refractivity contribution >= 4 is 28.7 Å². The zero-order valence-electron chi connectivity index (χ0n) is 11.5. The molecule has 3 aromatic rings. The number of para-hydroxylation sites is 1. The molecule has 0 spiro atoms. The Hall–Kier alpha value is -2.74. The summed E-state index contributed by atoms with van der Waals surface area (Å²) in [6.45, 7) is 1.71. The molecule has 2 heterocycles. The van der Waals surface area contributed by atoms with Crippen molar-refractivity contribution in [3.8, 4) is 10.8 Å². The number of thiophene rings is 1. The lowest BCUT2D eigenvalue weighted by Gasteiger charge is -2.07. The van der Waals surface area contributed by atoms with E-state index in [1.54, 1.807) is 30.5 Å². The van der Waals surface area contributed by atoms with Gasteiger partial charge in [-0.3, -0.25) is 0 Å². The first-order chi connectivity index (χ1) is 10.6. The second-order valence-electron chi connectivity index (χ2n) is 4.37. The van der Waals surface area contributed by atoms with Gasteiger partial charge in [0.2, 0.25) is 0 Å². The Kier molecular flexibility index (Phi) is 3.84. The monoisotopic (exact) mass is 318 g/mol. The van der Waals surface area contributed by atoms with E-state index in [0.29, 0.717) is 22.3 Å². The second-order valence-corrected chi connectivity index (χ2v) is 5.29. The van der Waals surface area contributed by atoms with Crippen LogP contribution in [0, 0.1) is 12.7 Å². The van der Waals surface area contributed by atoms with Gasteiger partial charge in [0.1, 0.15) is 10.7 Å². The molecule has 0 bridgehead atoms. The highest BCUT2D eigenvalue weighted by Gasteiger charge is 2.15. The molecule has 6 nitrogen and oxygen atoms in total. The summed E-state index contributed by atoms with van der Waals surface area (Å²) in [6, 6.07) is 7.09. The van der Waals surface area contributed by atoms with Gasteiger partial charge in [-0.25, -0.2) is 9.18 Å². The maximum Gasteiger partial charge on any atom is 0.323 e. The van der Waals surface area contributed by atoms with Crippen LogP contribution in [0.4, 0.5) is 20.6 Å². The summed E-state index contributed by atoms with van der Waals surface area (Å²) in [6.07, 6.45) is 0. The molecule has 1 aromatic carbocycles. The molecule has 112 valence electrons. The van der Waals surface area contributed by atoms with Gasteiger partial charge in [0.15, 0.2) is 5.82 Å². The van der Waals surface area contributed by atoms with Gasteiger partial charge in [0.25, 0.3) is 5.89 Å². The molecule has 2 N–H and O–H groups in total. The molecule has 0 atom stereocenters. The average molecular weight is 318 g/mol. The number of hydrogen-bond acceptors (Lipinski definition) is 5. The number of anilines is 2. The van der Waals surface area contributed by atoms with Crippen molar-refractivity contribution in [3.05, 3.63) is 47.4 Å². The van der Waals surface area contributed by atoms with E-state index in [0.717, 1.165) is 0 Å². The molecule has 8 heteroatoms. The molecular formula is C14H11FN4O2S. The molecule has 2 amide bonds. The van der Waals surface area contributed by atoms with Gasteiger partial charge in [-0.05, 0) is 30.5 Å². The van der Waals surface area contributed by atoms with Crippen LogP contribution in [0.15, 0.2) is 40.2 Å². The molecule has 0 aliphatic carbocycles. The Bertz CT molecular complexity index is 815. The van der Waals surface area contributed by atoms with E-state index in [4.69, 9.17) is 4.52 Å². The highest BCUT2D eigenvalue weighted by atomic mass is 32.1. The molecule has 2 aromatic heterocycles. The number of aryl methyl sites for hydroxylation is 1. The Morgan fingerprint density at radius 1 is 1.23 bits per heavy atom. The molecule has 0 saturated carbocycles. The minimum Gasteiger partial charge on any atom is -0.333 e. The van der Waals surface area contributed by atoms with Crippen molar-refractivity contribution in [2.24, 2.45) is 0 Å². The number of carbonyl (C=O) groups excluding carboxylic acids is 1. The third-order valence-corrected chi connectivity index (χ3v) is 3.66. The minimum atomic E-state index is -0.555. The first-order valence-electron chi connectivity index (χ1n) is 6.34. The van der Waals surface area contributed by atoms with E-state index >= 15 is 0 Å². The SMILES string of the molecule is Cc1noc(-c2sccc2NC(=O)Nc2ccccc2F)n1. The first kappa shape index (κ1) is 14.2. The van der Waals surface area contributed by atoms with Crippen molar-refractivity contribution in [2.45, 2.75) is 6.92 Å². The Balaban J connectivity index is 1.75. The van der Waals surface area contributed by atoms with Gasteiger partial charge < -0.3 is 15.2 Å². The summed E-state index contributed by atoms with van der Waals surface area (Å²) in [5.74, 6) is 0.328. The van der Waals surface area contributed by atoms with Gasteiger partial charge in [-0.15, -0.1) is 11.3 Å². The van der Waals surface area contributed by atoms with Gasteiger partial charge in [0, 0.05) is 0 Å². The molecule has 0 saturated heterocycles. The van der Waals surface area contributed by atoms with Crippen LogP contribution in [0.2, 0.25) is 0 Å². The van der Waals surface area contributed by atoms with Gasteiger partial charge >= 0.3 is 6.03 Å².